The van der Waals surface area contributed by atoms with Crippen molar-refractivity contribution < 1.29 is 14.0 Å². The molecule has 32 heavy (non-hydrogen) atoms. The number of hydrogen-bond acceptors (Lipinski definition) is 4. The Kier molecular flexibility index (Phi) is 6.74. The standard InChI is InChI=1S/C25H31FN4O2/c1-17-7-9-20(15-21(17)26)28-25(32)24(31)27-16-23(30-12-3-4-13-30)19-8-10-22-18(14-19)6-5-11-29(22)2/h7-10,14-15,23H,3-6,11-13,16H2,1-2H3,(H,27,31)(H,28,32)/t23-/m1/s1. The van der Waals surface area contributed by atoms with Crippen LogP contribution in [-0.4, -0.2) is 49.9 Å². The summed E-state index contributed by atoms with van der Waals surface area (Å²) in [7, 11) is 2.12. The maximum Gasteiger partial charge on any atom is 0.313 e. The molecule has 0 unspecified atom stereocenters. The van der Waals surface area contributed by atoms with Crippen molar-refractivity contribution in [2.45, 2.75) is 38.6 Å². The van der Waals surface area contributed by atoms with Crippen LogP contribution in [0.15, 0.2) is 36.4 Å². The number of amides is 2. The van der Waals surface area contributed by atoms with Gasteiger partial charge in [-0.3, -0.25) is 14.5 Å². The van der Waals surface area contributed by atoms with E-state index in [0.717, 1.165) is 45.3 Å². The second-order valence-electron chi connectivity index (χ2n) is 8.80. The summed E-state index contributed by atoms with van der Waals surface area (Å²) in [5.41, 5.74) is 4.53. The van der Waals surface area contributed by atoms with Crippen LogP contribution in [0.25, 0.3) is 0 Å². The molecule has 7 heteroatoms. The molecule has 1 fully saturated rings. The SMILES string of the molecule is Cc1ccc(NC(=O)C(=O)NC[C@H](c2ccc3c(c2)CCCN3C)N2CCCC2)cc1F. The van der Waals surface area contributed by atoms with Gasteiger partial charge in [-0.1, -0.05) is 18.2 Å². The Morgan fingerprint density at radius 1 is 1.03 bits per heavy atom. The van der Waals surface area contributed by atoms with Crippen molar-refractivity contribution >= 4 is 23.2 Å². The van der Waals surface area contributed by atoms with E-state index >= 15 is 0 Å². The van der Waals surface area contributed by atoms with E-state index in [9.17, 15) is 14.0 Å². The van der Waals surface area contributed by atoms with E-state index in [4.69, 9.17) is 0 Å². The normalized spacial score (nSPS) is 17.0. The Bertz CT molecular complexity index is 1000. The van der Waals surface area contributed by atoms with Crippen molar-refractivity contribution in [3.05, 3.63) is 58.9 Å². The second-order valence-corrected chi connectivity index (χ2v) is 8.80. The summed E-state index contributed by atoms with van der Waals surface area (Å²) in [6, 6.07) is 11.0. The summed E-state index contributed by atoms with van der Waals surface area (Å²) < 4.78 is 13.7. The van der Waals surface area contributed by atoms with Gasteiger partial charge in [0.2, 0.25) is 0 Å². The highest BCUT2D eigenvalue weighted by Crippen LogP contribution is 2.31. The lowest BCUT2D eigenvalue weighted by Crippen LogP contribution is -2.41. The Morgan fingerprint density at radius 2 is 1.81 bits per heavy atom. The second kappa shape index (κ2) is 9.69. The molecular weight excluding hydrogens is 407 g/mol. The predicted octanol–water partition coefficient (Wildman–Crippen LogP) is 3.41. The Labute approximate surface area is 188 Å². The molecule has 1 saturated heterocycles. The summed E-state index contributed by atoms with van der Waals surface area (Å²) >= 11 is 0. The average Bonchev–Trinajstić information content (AvgIpc) is 3.31. The van der Waals surface area contributed by atoms with Crippen LogP contribution in [0.1, 0.15) is 42.0 Å². The van der Waals surface area contributed by atoms with Crippen LogP contribution in [0.5, 0.6) is 0 Å². The molecule has 0 radical (unpaired) electrons. The zero-order valence-corrected chi connectivity index (χ0v) is 18.8. The number of likely N-dealkylation sites (tertiary alicyclic amines) is 1. The van der Waals surface area contributed by atoms with Crippen LogP contribution in [-0.2, 0) is 16.0 Å². The van der Waals surface area contributed by atoms with Gasteiger partial charge >= 0.3 is 11.8 Å². The van der Waals surface area contributed by atoms with Crippen LogP contribution in [0.4, 0.5) is 15.8 Å². The van der Waals surface area contributed by atoms with Crippen molar-refractivity contribution in [3.63, 3.8) is 0 Å². The topological polar surface area (TPSA) is 64.7 Å². The number of anilines is 2. The van der Waals surface area contributed by atoms with Gasteiger partial charge in [-0.2, -0.15) is 0 Å². The fourth-order valence-corrected chi connectivity index (χ4v) is 4.65. The number of benzene rings is 2. The molecule has 0 spiro atoms. The van der Waals surface area contributed by atoms with E-state index in [0.29, 0.717) is 12.1 Å². The summed E-state index contributed by atoms with van der Waals surface area (Å²) in [5, 5.41) is 5.27. The lowest BCUT2D eigenvalue weighted by atomic mass is 9.96. The highest BCUT2D eigenvalue weighted by molar-refractivity contribution is 6.39. The molecule has 2 aromatic rings. The first kappa shape index (κ1) is 22.3. The lowest BCUT2D eigenvalue weighted by molar-refractivity contribution is -0.136. The summed E-state index contributed by atoms with van der Waals surface area (Å²) in [6.07, 6.45) is 4.47. The molecule has 0 saturated carbocycles. The van der Waals surface area contributed by atoms with Crippen LogP contribution in [0, 0.1) is 12.7 Å². The first-order chi connectivity index (χ1) is 15.4. The minimum Gasteiger partial charge on any atom is -0.374 e. The van der Waals surface area contributed by atoms with Crippen LogP contribution in [0.3, 0.4) is 0 Å². The van der Waals surface area contributed by atoms with E-state index < -0.39 is 17.6 Å². The number of nitrogens with one attached hydrogen (secondary N) is 2. The van der Waals surface area contributed by atoms with Crippen molar-refractivity contribution in [2.75, 3.05) is 43.4 Å². The highest BCUT2D eigenvalue weighted by atomic mass is 19.1. The fourth-order valence-electron chi connectivity index (χ4n) is 4.65. The summed E-state index contributed by atoms with van der Waals surface area (Å²) in [4.78, 5) is 29.5. The summed E-state index contributed by atoms with van der Waals surface area (Å²) in [6.45, 7) is 5.02. The minimum absolute atomic E-state index is 0.0172. The largest absolute Gasteiger partial charge is 0.374 e. The predicted molar refractivity (Wildman–Crippen MR) is 124 cm³/mol. The molecule has 2 aromatic carbocycles. The fraction of sp³-hybridized carbons (Fsp3) is 0.440. The van der Waals surface area contributed by atoms with Gasteiger partial charge in [-0.15, -0.1) is 0 Å². The lowest BCUT2D eigenvalue weighted by Gasteiger charge is -2.31. The van der Waals surface area contributed by atoms with Gasteiger partial charge in [-0.25, -0.2) is 4.39 Å². The molecule has 0 aliphatic carbocycles. The van der Waals surface area contributed by atoms with Gasteiger partial charge in [0.05, 0.1) is 6.04 Å². The van der Waals surface area contributed by atoms with Crippen LogP contribution >= 0.6 is 0 Å². The highest BCUT2D eigenvalue weighted by Gasteiger charge is 2.26. The summed E-state index contributed by atoms with van der Waals surface area (Å²) in [5.74, 6) is -1.93. The maximum atomic E-state index is 13.7. The van der Waals surface area contributed by atoms with Crippen molar-refractivity contribution in [1.82, 2.24) is 10.2 Å². The van der Waals surface area contributed by atoms with Crippen molar-refractivity contribution in [2.24, 2.45) is 0 Å². The monoisotopic (exact) mass is 438 g/mol. The quantitative estimate of drug-likeness (QED) is 0.703. The van der Waals surface area contributed by atoms with Gasteiger partial charge in [-0.05, 0) is 80.6 Å². The van der Waals surface area contributed by atoms with Gasteiger partial charge in [0.1, 0.15) is 5.82 Å². The van der Waals surface area contributed by atoms with E-state index in [-0.39, 0.29) is 11.7 Å². The number of carbonyl (C=O) groups is 2. The molecule has 1 atom stereocenters. The number of aryl methyl sites for hydroxylation is 2. The van der Waals surface area contributed by atoms with Crippen molar-refractivity contribution in [3.8, 4) is 0 Å². The van der Waals surface area contributed by atoms with E-state index in [1.54, 1.807) is 19.1 Å². The van der Waals surface area contributed by atoms with Gasteiger partial charge in [0.15, 0.2) is 0 Å². The molecule has 170 valence electrons. The third-order valence-electron chi connectivity index (χ3n) is 6.51. The third-order valence-corrected chi connectivity index (χ3v) is 6.51. The van der Waals surface area contributed by atoms with Gasteiger partial charge in [0, 0.05) is 31.5 Å². The third kappa shape index (κ3) is 4.93. The van der Waals surface area contributed by atoms with Gasteiger partial charge < -0.3 is 15.5 Å². The zero-order chi connectivity index (χ0) is 22.7. The Hall–Kier alpha value is -2.93. The van der Waals surface area contributed by atoms with E-state index in [2.05, 4.69) is 45.7 Å². The molecule has 2 amide bonds. The number of fused-ring (bicyclic) bond motifs is 1. The van der Waals surface area contributed by atoms with Crippen LogP contribution in [0.2, 0.25) is 0 Å². The first-order valence-corrected chi connectivity index (χ1v) is 11.4. The zero-order valence-electron chi connectivity index (χ0n) is 18.8. The average molecular weight is 439 g/mol. The molecule has 4 rings (SSSR count). The molecule has 2 N–H and O–H groups in total. The van der Waals surface area contributed by atoms with Crippen molar-refractivity contribution in [1.29, 1.82) is 0 Å². The molecule has 0 aromatic heterocycles. The number of halogens is 1. The minimum atomic E-state index is -0.791. The number of rotatable bonds is 5. The maximum absolute atomic E-state index is 13.7. The van der Waals surface area contributed by atoms with E-state index in [1.165, 1.54) is 22.9 Å². The molecule has 2 aliphatic heterocycles. The smallest absolute Gasteiger partial charge is 0.313 e. The number of hydrogen-bond donors (Lipinski definition) is 2. The Balaban J connectivity index is 1.44. The molecular formula is C25H31FN4O2. The van der Waals surface area contributed by atoms with E-state index in [1.807, 2.05) is 0 Å². The molecule has 2 heterocycles. The van der Waals surface area contributed by atoms with Crippen LogP contribution < -0.4 is 15.5 Å². The number of carbonyl (C=O) groups excluding carboxylic acids is 2. The Morgan fingerprint density at radius 3 is 2.56 bits per heavy atom. The first-order valence-electron chi connectivity index (χ1n) is 11.4. The molecule has 0 bridgehead atoms. The molecule has 2 aliphatic rings. The molecule has 6 nitrogen and oxygen atoms in total. The van der Waals surface area contributed by atoms with Gasteiger partial charge in [0.25, 0.3) is 0 Å². The number of nitrogens with zero attached hydrogens (tertiary/aromatic N) is 2.